The first-order valence-electron chi connectivity index (χ1n) is 7.35. The molecule has 0 radical (unpaired) electrons. The molecule has 0 spiro atoms. The van der Waals surface area contributed by atoms with Gasteiger partial charge in [0.15, 0.2) is 0 Å². The maximum absolute atomic E-state index is 6.01. The lowest BCUT2D eigenvalue weighted by atomic mass is 9.82. The predicted molar refractivity (Wildman–Crippen MR) is 79.4 cm³/mol. The van der Waals surface area contributed by atoms with E-state index in [9.17, 15) is 0 Å². The van der Waals surface area contributed by atoms with Crippen molar-refractivity contribution in [3.05, 3.63) is 5.01 Å². The third kappa shape index (κ3) is 4.73. The summed E-state index contributed by atoms with van der Waals surface area (Å²) < 4.78 is 6.01. The highest BCUT2D eigenvalue weighted by Gasteiger charge is 2.24. The van der Waals surface area contributed by atoms with Gasteiger partial charge in [-0.15, -0.1) is 10.2 Å². The van der Waals surface area contributed by atoms with E-state index in [2.05, 4.69) is 36.3 Å². The SMILES string of the molecule is CCCNc1nnc(COC2CC(C)CC(C)C2)s1. The average Bonchev–Trinajstić information content (AvgIpc) is 2.81. The zero-order chi connectivity index (χ0) is 13.7. The Labute approximate surface area is 120 Å². The molecule has 1 saturated carbocycles. The third-order valence-electron chi connectivity index (χ3n) is 3.57. The van der Waals surface area contributed by atoms with Crippen molar-refractivity contribution in [2.24, 2.45) is 11.8 Å². The fraction of sp³-hybridized carbons (Fsp3) is 0.857. The van der Waals surface area contributed by atoms with Gasteiger partial charge in [-0.1, -0.05) is 32.1 Å². The van der Waals surface area contributed by atoms with Gasteiger partial charge in [0, 0.05) is 6.54 Å². The van der Waals surface area contributed by atoms with Crippen LogP contribution in [-0.4, -0.2) is 22.8 Å². The number of anilines is 1. The summed E-state index contributed by atoms with van der Waals surface area (Å²) in [7, 11) is 0. The number of nitrogens with zero attached hydrogens (tertiary/aromatic N) is 2. The van der Waals surface area contributed by atoms with Gasteiger partial charge in [-0.3, -0.25) is 0 Å². The summed E-state index contributed by atoms with van der Waals surface area (Å²) in [5, 5.41) is 13.4. The van der Waals surface area contributed by atoms with Crippen molar-refractivity contribution in [1.82, 2.24) is 10.2 Å². The number of hydrogen-bond donors (Lipinski definition) is 1. The average molecular weight is 283 g/mol. The fourth-order valence-corrected chi connectivity index (χ4v) is 3.50. The lowest BCUT2D eigenvalue weighted by molar-refractivity contribution is -0.00939. The molecule has 0 bridgehead atoms. The Hall–Kier alpha value is -0.680. The van der Waals surface area contributed by atoms with E-state index in [-0.39, 0.29) is 0 Å². The minimum absolute atomic E-state index is 0.398. The normalized spacial score (nSPS) is 27.4. The predicted octanol–water partition coefficient (Wildman–Crippen LogP) is 3.70. The van der Waals surface area contributed by atoms with Gasteiger partial charge in [0.2, 0.25) is 5.13 Å². The van der Waals surface area contributed by atoms with E-state index in [0.717, 1.165) is 34.9 Å². The van der Waals surface area contributed by atoms with Gasteiger partial charge in [0.05, 0.1) is 6.10 Å². The molecule has 0 aromatic carbocycles. The summed E-state index contributed by atoms with van der Waals surface area (Å²) in [5.41, 5.74) is 0. The van der Waals surface area contributed by atoms with E-state index in [4.69, 9.17) is 4.74 Å². The lowest BCUT2D eigenvalue weighted by Gasteiger charge is -2.31. The molecule has 4 nitrogen and oxygen atoms in total. The molecular formula is C14H25N3OS. The van der Waals surface area contributed by atoms with Crippen LogP contribution in [0.2, 0.25) is 0 Å². The Kier molecular flexibility index (Phi) is 5.58. The minimum atomic E-state index is 0.398. The Bertz CT molecular complexity index is 373. The molecule has 1 aromatic heterocycles. The second kappa shape index (κ2) is 7.20. The van der Waals surface area contributed by atoms with Crippen molar-refractivity contribution in [1.29, 1.82) is 0 Å². The van der Waals surface area contributed by atoms with E-state index < -0.39 is 0 Å². The Morgan fingerprint density at radius 1 is 1.21 bits per heavy atom. The second-order valence-electron chi connectivity index (χ2n) is 5.78. The van der Waals surface area contributed by atoms with Crippen molar-refractivity contribution in [3.63, 3.8) is 0 Å². The van der Waals surface area contributed by atoms with Crippen LogP contribution in [0, 0.1) is 11.8 Å². The maximum atomic E-state index is 6.01. The molecule has 1 aromatic rings. The van der Waals surface area contributed by atoms with E-state index >= 15 is 0 Å². The van der Waals surface area contributed by atoms with Crippen molar-refractivity contribution >= 4 is 16.5 Å². The summed E-state index contributed by atoms with van der Waals surface area (Å²) in [5.74, 6) is 1.56. The highest BCUT2D eigenvalue weighted by atomic mass is 32.1. The number of rotatable bonds is 6. The van der Waals surface area contributed by atoms with Crippen LogP contribution < -0.4 is 5.32 Å². The standard InChI is InChI=1S/C14H25N3OS/c1-4-5-15-14-17-16-13(19-14)9-18-12-7-10(2)6-11(3)8-12/h10-12H,4-9H2,1-3H3,(H,15,17). The molecule has 5 heteroatoms. The maximum Gasteiger partial charge on any atom is 0.205 e. The van der Waals surface area contributed by atoms with Crippen LogP contribution >= 0.6 is 11.3 Å². The van der Waals surface area contributed by atoms with Gasteiger partial charge < -0.3 is 10.1 Å². The first-order chi connectivity index (χ1) is 9.17. The number of ether oxygens (including phenoxy) is 1. The smallest absolute Gasteiger partial charge is 0.205 e. The number of hydrogen-bond acceptors (Lipinski definition) is 5. The minimum Gasteiger partial charge on any atom is -0.371 e. The van der Waals surface area contributed by atoms with Crippen LogP contribution in [0.4, 0.5) is 5.13 Å². The van der Waals surface area contributed by atoms with Crippen LogP contribution in [0.5, 0.6) is 0 Å². The first-order valence-corrected chi connectivity index (χ1v) is 8.16. The summed E-state index contributed by atoms with van der Waals surface area (Å²) >= 11 is 1.60. The van der Waals surface area contributed by atoms with E-state index in [0.29, 0.717) is 12.7 Å². The highest BCUT2D eigenvalue weighted by molar-refractivity contribution is 7.15. The monoisotopic (exact) mass is 283 g/mol. The van der Waals surface area contributed by atoms with Crippen LogP contribution in [0.3, 0.4) is 0 Å². The Morgan fingerprint density at radius 3 is 2.63 bits per heavy atom. The molecule has 1 aliphatic rings. The fourth-order valence-electron chi connectivity index (χ4n) is 2.81. The first kappa shape index (κ1) is 14.7. The zero-order valence-corrected chi connectivity index (χ0v) is 13.0. The Balaban J connectivity index is 1.76. The van der Waals surface area contributed by atoms with Crippen molar-refractivity contribution in [2.45, 2.75) is 59.2 Å². The summed E-state index contributed by atoms with van der Waals surface area (Å²) in [6.45, 7) is 8.35. The van der Waals surface area contributed by atoms with Crippen LogP contribution in [0.15, 0.2) is 0 Å². The van der Waals surface area contributed by atoms with Gasteiger partial charge >= 0.3 is 0 Å². The molecule has 2 unspecified atom stereocenters. The van der Waals surface area contributed by atoms with Crippen LogP contribution in [0.1, 0.15) is 51.5 Å². The largest absolute Gasteiger partial charge is 0.371 e. The highest BCUT2D eigenvalue weighted by Crippen LogP contribution is 2.31. The molecule has 19 heavy (non-hydrogen) atoms. The van der Waals surface area contributed by atoms with Gasteiger partial charge in [0.25, 0.3) is 0 Å². The quantitative estimate of drug-likeness (QED) is 0.864. The third-order valence-corrected chi connectivity index (χ3v) is 4.43. The number of nitrogens with one attached hydrogen (secondary N) is 1. The van der Waals surface area contributed by atoms with Gasteiger partial charge in [-0.05, 0) is 37.5 Å². The lowest BCUT2D eigenvalue weighted by Crippen LogP contribution is -2.26. The van der Waals surface area contributed by atoms with E-state index in [1.807, 2.05) is 0 Å². The van der Waals surface area contributed by atoms with Crippen molar-refractivity contribution in [2.75, 3.05) is 11.9 Å². The molecule has 0 aliphatic heterocycles. The van der Waals surface area contributed by atoms with Crippen LogP contribution in [0.25, 0.3) is 0 Å². The Morgan fingerprint density at radius 2 is 1.95 bits per heavy atom. The molecule has 2 atom stereocenters. The molecule has 108 valence electrons. The summed E-state index contributed by atoms with van der Waals surface area (Å²) in [4.78, 5) is 0. The molecular weight excluding hydrogens is 258 g/mol. The summed E-state index contributed by atoms with van der Waals surface area (Å²) in [6, 6.07) is 0. The van der Waals surface area contributed by atoms with E-state index in [1.165, 1.54) is 19.3 Å². The molecule has 0 amide bonds. The molecule has 0 saturated heterocycles. The summed E-state index contributed by atoms with van der Waals surface area (Å²) in [6.07, 6.45) is 5.20. The van der Waals surface area contributed by atoms with Crippen molar-refractivity contribution in [3.8, 4) is 0 Å². The van der Waals surface area contributed by atoms with Gasteiger partial charge in [0.1, 0.15) is 11.6 Å². The van der Waals surface area contributed by atoms with Gasteiger partial charge in [-0.2, -0.15) is 0 Å². The number of aromatic nitrogens is 2. The molecule has 2 rings (SSSR count). The van der Waals surface area contributed by atoms with E-state index in [1.54, 1.807) is 11.3 Å². The second-order valence-corrected chi connectivity index (χ2v) is 6.84. The molecule has 1 aliphatic carbocycles. The van der Waals surface area contributed by atoms with Gasteiger partial charge in [-0.25, -0.2) is 0 Å². The zero-order valence-electron chi connectivity index (χ0n) is 12.2. The molecule has 1 heterocycles. The van der Waals surface area contributed by atoms with Crippen LogP contribution in [-0.2, 0) is 11.3 Å². The molecule has 1 N–H and O–H groups in total. The van der Waals surface area contributed by atoms with Crippen molar-refractivity contribution < 1.29 is 4.74 Å². The molecule has 1 fully saturated rings. The topological polar surface area (TPSA) is 47.0 Å².